The zero-order chi connectivity index (χ0) is 27.0. The number of aromatic nitrogens is 2. The Balaban J connectivity index is 1.47. The summed E-state index contributed by atoms with van der Waals surface area (Å²) in [5, 5.41) is 9.68. The van der Waals surface area contributed by atoms with E-state index in [4.69, 9.17) is 14.5 Å². The molecule has 0 bridgehead atoms. The Labute approximate surface area is 219 Å². The fraction of sp³-hybridized carbons (Fsp3) is 0.731. The van der Waals surface area contributed by atoms with Gasteiger partial charge in [-0.2, -0.15) is 10.2 Å². The van der Waals surface area contributed by atoms with Crippen LogP contribution in [0.1, 0.15) is 66.5 Å². The zero-order valence-corrected chi connectivity index (χ0v) is 22.9. The number of hydrogen-bond donors (Lipinski definition) is 0. The molecular weight excluding hydrogens is 474 g/mol. The molecule has 2 saturated heterocycles. The predicted octanol–water partition coefficient (Wildman–Crippen LogP) is 3.39. The summed E-state index contributed by atoms with van der Waals surface area (Å²) in [7, 11) is 0. The summed E-state index contributed by atoms with van der Waals surface area (Å²) in [4.78, 5) is 42.5. The maximum atomic E-state index is 12.8. The number of carbonyl (C=O) groups excluding carboxylic acids is 2. The van der Waals surface area contributed by atoms with Crippen molar-refractivity contribution in [3.8, 4) is 6.07 Å². The molecule has 1 aromatic rings. The molecule has 4 rings (SSSR count). The first-order valence-corrected chi connectivity index (χ1v) is 13.1. The first kappa shape index (κ1) is 26.8. The lowest BCUT2D eigenvalue weighted by atomic mass is 10.1. The van der Waals surface area contributed by atoms with Crippen LogP contribution in [0, 0.1) is 11.3 Å². The van der Waals surface area contributed by atoms with Crippen LogP contribution in [0.25, 0.3) is 0 Å². The maximum absolute atomic E-state index is 12.8. The van der Waals surface area contributed by atoms with Crippen molar-refractivity contribution >= 4 is 24.0 Å². The number of nitrogens with zero attached hydrogens (tertiary/aromatic N) is 7. The third-order valence-corrected chi connectivity index (χ3v) is 6.66. The van der Waals surface area contributed by atoms with Crippen molar-refractivity contribution in [1.82, 2.24) is 19.8 Å². The molecule has 11 heteroatoms. The Morgan fingerprint density at radius 3 is 2.16 bits per heavy atom. The van der Waals surface area contributed by atoms with Crippen LogP contribution in [0.2, 0.25) is 0 Å². The summed E-state index contributed by atoms with van der Waals surface area (Å²) in [5.74, 6) is 1.17. The molecule has 3 aliphatic rings. The van der Waals surface area contributed by atoms with Crippen LogP contribution in [0.4, 0.5) is 21.4 Å². The van der Waals surface area contributed by atoms with Gasteiger partial charge in [-0.1, -0.05) is 0 Å². The smallest absolute Gasteiger partial charge is 0.410 e. The largest absolute Gasteiger partial charge is 0.444 e. The van der Waals surface area contributed by atoms with Gasteiger partial charge in [0.05, 0.1) is 5.54 Å². The van der Waals surface area contributed by atoms with Gasteiger partial charge >= 0.3 is 12.2 Å². The molecule has 37 heavy (non-hydrogen) atoms. The minimum atomic E-state index is -0.547. The van der Waals surface area contributed by atoms with Crippen LogP contribution in [0.3, 0.4) is 0 Å². The molecule has 2 aliphatic heterocycles. The molecule has 1 spiro atoms. The zero-order valence-electron chi connectivity index (χ0n) is 22.9. The van der Waals surface area contributed by atoms with E-state index in [0.717, 1.165) is 19.3 Å². The highest BCUT2D eigenvalue weighted by Crippen LogP contribution is 2.45. The van der Waals surface area contributed by atoms with Crippen LogP contribution >= 0.6 is 0 Å². The van der Waals surface area contributed by atoms with E-state index in [2.05, 4.69) is 16.0 Å². The van der Waals surface area contributed by atoms with Gasteiger partial charge in [-0.3, -0.25) is 4.90 Å². The monoisotopic (exact) mass is 513 g/mol. The third-order valence-electron chi connectivity index (χ3n) is 6.66. The van der Waals surface area contributed by atoms with E-state index in [-0.39, 0.29) is 17.7 Å². The summed E-state index contributed by atoms with van der Waals surface area (Å²) in [6.07, 6.45) is 1.98. The van der Waals surface area contributed by atoms with Gasteiger partial charge in [0.25, 0.3) is 0 Å². The Kier molecular flexibility index (Phi) is 7.14. The second kappa shape index (κ2) is 9.88. The van der Waals surface area contributed by atoms with Crippen molar-refractivity contribution in [2.24, 2.45) is 0 Å². The molecular formula is C26H39N7O4. The number of carbonyl (C=O) groups is 2. The number of ether oxygens (including phenoxy) is 2. The van der Waals surface area contributed by atoms with E-state index >= 15 is 0 Å². The van der Waals surface area contributed by atoms with Gasteiger partial charge in [0.1, 0.15) is 28.8 Å². The van der Waals surface area contributed by atoms with Crippen LogP contribution in [-0.4, -0.2) is 94.5 Å². The second-order valence-electron chi connectivity index (χ2n) is 12.1. The Morgan fingerprint density at radius 2 is 1.54 bits per heavy atom. The van der Waals surface area contributed by atoms with Gasteiger partial charge < -0.3 is 24.2 Å². The van der Waals surface area contributed by atoms with Gasteiger partial charge in [0, 0.05) is 51.9 Å². The van der Waals surface area contributed by atoms with E-state index in [1.807, 2.05) is 51.3 Å². The van der Waals surface area contributed by atoms with E-state index in [1.165, 1.54) is 0 Å². The quantitative estimate of drug-likeness (QED) is 0.587. The average molecular weight is 514 g/mol. The lowest BCUT2D eigenvalue weighted by Gasteiger charge is -2.43. The Hall–Kier alpha value is -3.29. The van der Waals surface area contributed by atoms with E-state index in [0.29, 0.717) is 63.3 Å². The number of nitriles is 1. The molecule has 3 heterocycles. The summed E-state index contributed by atoms with van der Waals surface area (Å²) < 4.78 is 11.2. The minimum Gasteiger partial charge on any atom is -0.444 e. The maximum Gasteiger partial charge on any atom is 0.410 e. The fourth-order valence-corrected chi connectivity index (χ4v) is 4.76. The number of piperazine rings is 1. The lowest BCUT2D eigenvalue weighted by Crippen LogP contribution is -2.58. The predicted molar refractivity (Wildman–Crippen MR) is 139 cm³/mol. The van der Waals surface area contributed by atoms with E-state index in [9.17, 15) is 14.9 Å². The van der Waals surface area contributed by atoms with Crippen LogP contribution in [-0.2, 0) is 9.47 Å². The molecule has 2 amide bonds. The first-order chi connectivity index (χ1) is 17.3. The summed E-state index contributed by atoms with van der Waals surface area (Å²) in [6, 6.07) is 3.89. The van der Waals surface area contributed by atoms with E-state index in [1.54, 1.807) is 11.0 Å². The Morgan fingerprint density at radius 1 is 0.892 bits per heavy atom. The van der Waals surface area contributed by atoms with Crippen molar-refractivity contribution in [3.05, 3.63) is 11.8 Å². The summed E-state index contributed by atoms with van der Waals surface area (Å²) >= 11 is 0. The van der Waals surface area contributed by atoms with Crippen LogP contribution in [0.15, 0.2) is 6.07 Å². The Bertz CT molecular complexity index is 1070. The molecule has 0 N–H and O–H groups in total. The van der Waals surface area contributed by atoms with Crippen molar-refractivity contribution in [2.75, 3.05) is 55.6 Å². The molecule has 0 radical (unpaired) electrons. The van der Waals surface area contributed by atoms with Crippen LogP contribution < -0.4 is 9.80 Å². The van der Waals surface area contributed by atoms with Gasteiger partial charge in [-0.05, 0) is 60.8 Å². The molecule has 1 aliphatic carbocycles. The highest BCUT2D eigenvalue weighted by molar-refractivity contribution is 5.71. The van der Waals surface area contributed by atoms with Crippen molar-refractivity contribution in [1.29, 1.82) is 5.26 Å². The molecule has 0 unspecified atom stereocenters. The average Bonchev–Trinajstić information content (AvgIpc) is 3.59. The lowest BCUT2D eigenvalue weighted by molar-refractivity contribution is 0.0105. The van der Waals surface area contributed by atoms with Gasteiger partial charge in [0.15, 0.2) is 0 Å². The van der Waals surface area contributed by atoms with Crippen molar-refractivity contribution < 1.29 is 19.1 Å². The minimum absolute atomic E-state index is 0.255. The molecule has 3 fully saturated rings. The SMILES string of the molecule is CC(C)(C)OC(=O)N1CCCN(c2nc(C#N)cc(N3CCN(C(=O)OC(C)(C)C)C4(CC4)C3)n2)CC1. The highest BCUT2D eigenvalue weighted by Gasteiger charge is 2.54. The number of hydrogen-bond acceptors (Lipinski definition) is 9. The molecule has 1 saturated carbocycles. The number of rotatable bonds is 2. The molecule has 0 aromatic carbocycles. The fourth-order valence-electron chi connectivity index (χ4n) is 4.76. The van der Waals surface area contributed by atoms with E-state index < -0.39 is 11.2 Å². The highest BCUT2D eigenvalue weighted by atomic mass is 16.6. The standard InChI is InChI=1S/C26H39N7O4/c1-24(2,3)36-22(34)31-11-7-10-30(12-13-31)21-28-19(17-27)16-20(29-21)32-14-15-33(26(18-32)8-9-26)23(35)37-25(4,5)6/h16H,7-15,18H2,1-6H3. The number of amides is 2. The summed E-state index contributed by atoms with van der Waals surface area (Å²) in [6.45, 7) is 15.3. The molecule has 1 aromatic heterocycles. The second-order valence-corrected chi connectivity index (χ2v) is 12.1. The van der Waals surface area contributed by atoms with Crippen LogP contribution in [0.5, 0.6) is 0 Å². The topological polar surface area (TPSA) is 115 Å². The normalized spacial score (nSPS) is 19.8. The molecule has 0 atom stereocenters. The number of anilines is 2. The third kappa shape index (κ3) is 6.53. The summed E-state index contributed by atoms with van der Waals surface area (Å²) in [5.41, 5.74) is -1.05. The molecule has 11 nitrogen and oxygen atoms in total. The van der Waals surface area contributed by atoms with Crippen molar-refractivity contribution in [2.45, 2.75) is 77.5 Å². The van der Waals surface area contributed by atoms with Gasteiger partial charge in [-0.25, -0.2) is 14.6 Å². The molecule has 202 valence electrons. The first-order valence-electron chi connectivity index (χ1n) is 13.1. The van der Waals surface area contributed by atoms with Crippen molar-refractivity contribution in [3.63, 3.8) is 0 Å². The van der Waals surface area contributed by atoms with Gasteiger partial charge in [0.2, 0.25) is 5.95 Å². The van der Waals surface area contributed by atoms with Gasteiger partial charge in [-0.15, -0.1) is 0 Å².